The van der Waals surface area contributed by atoms with Crippen molar-refractivity contribution in [2.75, 3.05) is 19.8 Å². The predicted molar refractivity (Wildman–Crippen MR) is 257 cm³/mol. The fraction of sp³-hybridized carbons (Fsp3) is 0.925. The maximum absolute atomic E-state index is 14.8. The van der Waals surface area contributed by atoms with Gasteiger partial charge in [-0.3, -0.25) is 4.79 Å². The van der Waals surface area contributed by atoms with Gasteiger partial charge in [-0.05, 0) is 109 Å². The molecule has 0 amide bonds. The summed E-state index contributed by atoms with van der Waals surface area (Å²) in [6.45, 7) is 13.7. The number of esters is 1. The molecule has 23 nitrogen and oxygen atoms in total. The lowest BCUT2D eigenvalue weighted by molar-refractivity contribution is -0.392. The third kappa shape index (κ3) is 9.42. The molecule has 23 heteroatoms. The first kappa shape index (κ1) is 58.6. The smallest absolute Gasteiger partial charge is 0.335 e. The molecule has 0 unspecified atom stereocenters. The van der Waals surface area contributed by atoms with Crippen molar-refractivity contribution in [1.82, 2.24) is 0 Å². The van der Waals surface area contributed by atoms with E-state index in [2.05, 4.69) is 54.5 Å². The molecule has 5 aliphatic carbocycles. The Morgan fingerprint density at radius 1 is 0.605 bits per heavy atom. The SMILES string of the molecule is CC1(C)CC[C@]2(C(=O)O[C@@H]3O[C@H](CO)[C@@H](O)[C@H](O)[C@H]3O)CC[C@]3(C)C(=CC[C@@H]4[C@@]5(C)CC[C@H](O[C@@H]6O[C@H](C(=O)O)[C@@H](O)[C@H](O[C@@H]7OC[C@@H](O)[C@@H](O)[C@@H]7O)[C@H]6O[C@@H]6O[C@H](CO)[C@@H](O)[C@H](O)[C@H]6O)C(C)(C)[C@@H]5CC[C@]43C)[C@@H]2C1. The van der Waals surface area contributed by atoms with Crippen LogP contribution in [0.5, 0.6) is 0 Å². The van der Waals surface area contributed by atoms with Gasteiger partial charge in [0, 0.05) is 0 Å². The molecule has 4 aliphatic heterocycles. The number of hydrogen-bond acceptors (Lipinski definition) is 22. The number of carboxylic acids is 1. The Kier molecular flexibility index (Phi) is 16.2. The van der Waals surface area contributed by atoms with Crippen LogP contribution in [0.3, 0.4) is 0 Å². The summed E-state index contributed by atoms with van der Waals surface area (Å²) in [5.41, 5.74) is -1.45. The van der Waals surface area contributed by atoms with Crippen LogP contribution >= 0.6 is 0 Å². The van der Waals surface area contributed by atoms with Crippen LogP contribution in [0.25, 0.3) is 0 Å². The number of aliphatic hydroxyl groups excluding tert-OH is 12. The van der Waals surface area contributed by atoms with Crippen LogP contribution < -0.4 is 0 Å². The van der Waals surface area contributed by atoms with Gasteiger partial charge >= 0.3 is 11.9 Å². The second kappa shape index (κ2) is 21.0. The number of ether oxygens (including phenoxy) is 8. The zero-order chi connectivity index (χ0) is 55.6. The highest BCUT2D eigenvalue weighted by Gasteiger charge is 2.70. The Bertz CT molecular complexity index is 2140. The Morgan fingerprint density at radius 3 is 1.83 bits per heavy atom. The van der Waals surface area contributed by atoms with Gasteiger partial charge in [0.05, 0.1) is 31.3 Å². The number of allylic oxidation sites excluding steroid dienone is 2. The van der Waals surface area contributed by atoms with E-state index in [0.717, 1.165) is 19.3 Å². The molecule has 76 heavy (non-hydrogen) atoms. The standard InChI is InChI=1S/C53H84O23/c1-48(2)14-16-53(47(68)76-45-37(64)34(61)32(59)26(20-55)71-45)17-15-51(6)22(23(53)18-48)8-9-28-50(5)12-11-29(49(3,4)27(50)10-13-52(28,51)7)72-46-41(75-44-36(63)33(60)31(58)25(19-54)70-44)39(38(65)40(74-46)42(66)67)73-43-35(62)30(57)24(56)21-69-43/h8,23-41,43-46,54-65H,9-21H2,1-7H3,(H,66,67)/t23-,24+,25+,26+,27-,28+,29-,30+,31+,32+,33-,34-,35-,36+,37+,38-,39-,40-,41+,43-,44-,45-,46+,50-,51+,52+,53-/m0/s1. The molecule has 4 saturated carbocycles. The van der Waals surface area contributed by atoms with Crippen LogP contribution in [0, 0.1) is 50.2 Å². The van der Waals surface area contributed by atoms with E-state index < -0.39 is 165 Å². The zero-order valence-corrected chi connectivity index (χ0v) is 44.4. The molecule has 13 N–H and O–H groups in total. The minimum atomic E-state index is -2.09. The molecule has 9 aliphatic rings. The lowest BCUT2D eigenvalue weighted by atomic mass is 9.33. The molecule has 0 radical (unpaired) electrons. The third-order valence-corrected chi connectivity index (χ3v) is 21.0. The van der Waals surface area contributed by atoms with Crippen LogP contribution in [0.15, 0.2) is 11.6 Å². The number of fused-ring (bicyclic) bond motifs is 7. The molecule has 434 valence electrons. The minimum absolute atomic E-state index is 0.000185. The maximum Gasteiger partial charge on any atom is 0.335 e. The van der Waals surface area contributed by atoms with Crippen LogP contribution in [-0.2, 0) is 47.5 Å². The fourth-order valence-electron chi connectivity index (χ4n) is 16.2. The van der Waals surface area contributed by atoms with E-state index in [-0.39, 0.29) is 39.4 Å². The second-order valence-electron chi connectivity index (χ2n) is 25.9. The number of carbonyl (C=O) groups is 2. The topological polar surface area (TPSA) is 371 Å². The number of rotatable bonds is 11. The summed E-state index contributed by atoms with van der Waals surface area (Å²) in [5.74, 6) is -2.22. The number of carboxylic acid groups (broad SMARTS) is 1. The number of carbonyl (C=O) groups excluding carboxylic acids is 1. The molecule has 4 heterocycles. The molecule has 27 atom stereocenters. The molecule has 0 aromatic carbocycles. The summed E-state index contributed by atoms with van der Waals surface area (Å²) < 4.78 is 48.1. The second-order valence-corrected chi connectivity index (χ2v) is 25.9. The molecule has 4 saturated heterocycles. The fourth-order valence-corrected chi connectivity index (χ4v) is 16.2. The quantitative estimate of drug-likeness (QED) is 0.0649. The Hall–Kier alpha value is -2.08. The first-order valence-electron chi connectivity index (χ1n) is 27.2. The van der Waals surface area contributed by atoms with Crippen molar-refractivity contribution in [2.24, 2.45) is 50.2 Å². The van der Waals surface area contributed by atoms with Gasteiger partial charge < -0.3 is 104 Å². The van der Waals surface area contributed by atoms with Crippen molar-refractivity contribution in [1.29, 1.82) is 0 Å². The predicted octanol–water partition coefficient (Wildman–Crippen LogP) is -1.30. The van der Waals surface area contributed by atoms with Crippen molar-refractivity contribution >= 4 is 11.9 Å². The molecule has 0 aromatic heterocycles. The van der Waals surface area contributed by atoms with Gasteiger partial charge in [-0.15, -0.1) is 0 Å². The van der Waals surface area contributed by atoms with E-state index in [1.165, 1.54) is 5.57 Å². The van der Waals surface area contributed by atoms with Crippen molar-refractivity contribution in [3.05, 3.63) is 11.6 Å². The van der Waals surface area contributed by atoms with E-state index in [0.29, 0.717) is 44.9 Å². The van der Waals surface area contributed by atoms with Gasteiger partial charge in [0.15, 0.2) is 25.0 Å². The average molecular weight is 1090 g/mol. The highest BCUT2D eigenvalue weighted by molar-refractivity contribution is 5.79. The van der Waals surface area contributed by atoms with E-state index in [9.17, 15) is 76.0 Å². The largest absolute Gasteiger partial charge is 0.479 e. The Labute approximate surface area is 442 Å². The van der Waals surface area contributed by atoms with E-state index >= 15 is 0 Å². The summed E-state index contributed by atoms with van der Waals surface area (Å²) in [7, 11) is 0. The summed E-state index contributed by atoms with van der Waals surface area (Å²) in [6, 6.07) is 0. The maximum atomic E-state index is 14.8. The Balaban J connectivity index is 0.999. The lowest BCUT2D eigenvalue weighted by Crippen LogP contribution is -2.68. The monoisotopic (exact) mass is 1090 g/mol. The average Bonchev–Trinajstić information content (AvgIpc) is 3.54. The van der Waals surface area contributed by atoms with E-state index in [1.807, 2.05) is 0 Å². The first-order valence-corrected chi connectivity index (χ1v) is 27.2. The molecular formula is C53H84O23. The summed E-state index contributed by atoms with van der Waals surface area (Å²) in [5, 5.41) is 138. The van der Waals surface area contributed by atoms with Crippen molar-refractivity contribution in [3.63, 3.8) is 0 Å². The van der Waals surface area contributed by atoms with Crippen LogP contribution in [0.2, 0.25) is 0 Å². The first-order chi connectivity index (χ1) is 35.5. The lowest BCUT2D eigenvalue weighted by Gasteiger charge is -2.71. The van der Waals surface area contributed by atoms with Gasteiger partial charge in [0.2, 0.25) is 6.29 Å². The molecule has 8 fully saturated rings. The van der Waals surface area contributed by atoms with Crippen LogP contribution in [-0.4, -0.2) is 221 Å². The van der Waals surface area contributed by atoms with Crippen LogP contribution in [0.4, 0.5) is 0 Å². The highest BCUT2D eigenvalue weighted by Crippen LogP contribution is 2.76. The number of aliphatic carboxylic acids is 1. The van der Waals surface area contributed by atoms with Gasteiger partial charge in [-0.1, -0.05) is 60.1 Å². The van der Waals surface area contributed by atoms with Crippen molar-refractivity contribution in [2.45, 2.75) is 235 Å². The molecule has 0 aromatic rings. The van der Waals surface area contributed by atoms with Gasteiger partial charge in [0.25, 0.3) is 0 Å². The summed E-state index contributed by atoms with van der Waals surface area (Å²) >= 11 is 0. The number of hydrogen-bond donors (Lipinski definition) is 13. The molecule has 0 spiro atoms. The van der Waals surface area contributed by atoms with E-state index in [1.54, 1.807) is 0 Å². The van der Waals surface area contributed by atoms with Crippen molar-refractivity contribution in [3.8, 4) is 0 Å². The molecule has 0 bridgehead atoms. The molecular weight excluding hydrogens is 1000 g/mol. The number of aliphatic hydroxyl groups is 12. The highest BCUT2D eigenvalue weighted by atomic mass is 16.8. The normalized spacial score (nSPS) is 52.9. The Morgan fingerprint density at radius 2 is 1.20 bits per heavy atom. The summed E-state index contributed by atoms with van der Waals surface area (Å²) in [4.78, 5) is 27.6. The van der Waals surface area contributed by atoms with Gasteiger partial charge in [0.1, 0.15) is 85.5 Å². The van der Waals surface area contributed by atoms with Gasteiger partial charge in [-0.25, -0.2) is 4.79 Å². The minimum Gasteiger partial charge on any atom is -0.479 e. The van der Waals surface area contributed by atoms with E-state index in [4.69, 9.17) is 37.9 Å². The van der Waals surface area contributed by atoms with Gasteiger partial charge in [-0.2, -0.15) is 0 Å². The van der Waals surface area contributed by atoms with Crippen LogP contribution in [0.1, 0.15) is 113 Å². The summed E-state index contributed by atoms with van der Waals surface area (Å²) in [6.07, 6.45) is -25.0. The van der Waals surface area contributed by atoms with Crippen molar-refractivity contribution < 1.29 is 114 Å². The zero-order valence-electron chi connectivity index (χ0n) is 44.4. The molecule has 9 rings (SSSR count). The third-order valence-electron chi connectivity index (χ3n) is 21.0.